The first-order valence-electron chi connectivity index (χ1n) is 4.37. The van der Waals surface area contributed by atoms with Crippen LogP contribution < -0.4 is 0 Å². The molecule has 0 amide bonds. The Morgan fingerprint density at radius 1 is 0.833 bits per heavy atom. The predicted molar refractivity (Wildman–Crippen MR) is 46.1 cm³/mol. The van der Waals surface area contributed by atoms with Crippen molar-refractivity contribution in [2.45, 2.75) is 18.0 Å². The van der Waals surface area contributed by atoms with Crippen molar-refractivity contribution in [1.82, 2.24) is 0 Å². The molecule has 0 fully saturated rings. The van der Waals surface area contributed by atoms with Gasteiger partial charge in [0.1, 0.15) is 0 Å². The van der Waals surface area contributed by atoms with E-state index in [0.717, 1.165) is 12.1 Å². The van der Waals surface area contributed by atoms with Gasteiger partial charge in [0.2, 0.25) is 0 Å². The predicted octanol–water partition coefficient (Wildman–Crippen LogP) is 3.85. The van der Waals surface area contributed by atoms with Crippen molar-refractivity contribution < 1.29 is 30.7 Å². The summed E-state index contributed by atoms with van der Waals surface area (Å²) in [5, 5.41) is 8.35. The highest BCUT2D eigenvalue weighted by Gasteiger charge is 2.73. The van der Waals surface area contributed by atoms with Gasteiger partial charge >= 0.3 is 18.0 Å². The molecular weight excluding hydrogens is 267 g/mol. The summed E-state index contributed by atoms with van der Waals surface area (Å²) >= 11 is 0. The zero-order chi connectivity index (χ0) is 14.2. The molecule has 98 valence electrons. The van der Waals surface area contributed by atoms with Crippen LogP contribution >= 0.6 is 0 Å². The average Bonchev–Trinajstić information content (AvgIpc) is 2.27. The molecule has 0 aromatic heterocycles. The Labute approximate surface area is 96.4 Å². The van der Waals surface area contributed by atoms with Crippen LogP contribution in [-0.4, -0.2) is 12.1 Å². The van der Waals surface area contributed by atoms with Gasteiger partial charge in [0.05, 0.1) is 11.6 Å². The van der Waals surface area contributed by atoms with Crippen molar-refractivity contribution in [1.29, 1.82) is 5.26 Å². The van der Waals surface area contributed by atoms with E-state index in [4.69, 9.17) is 5.26 Å². The van der Waals surface area contributed by atoms with Gasteiger partial charge in [0, 0.05) is 5.56 Å². The molecule has 0 aliphatic rings. The molecule has 1 aromatic carbocycles. The summed E-state index contributed by atoms with van der Waals surface area (Å²) in [6, 6.07) is 3.70. The van der Waals surface area contributed by atoms with Crippen LogP contribution in [0.15, 0.2) is 24.3 Å². The minimum atomic E-state index is -6.37. The lowest BCUT2D eigenvalue weighted by Gasteiger charge is -2.28. The molecule has 0 atom stereocenters. The van der Waals surface area contributed by atoms with E-state index in [1.54, 1.807) is 0 Å². The van der Waals surface area contributed by atoms with Crippen molar-refractivity contribution >= 4 is 0 Å². The molecule has 0 saturated carbocycles. The first kappa shape index (κ1) is 14.3. The fourth-order valence-electron chi connectivity index (χ4n) is 1.11. The van der Waals surface area contributed by atoms with E-state index < -0.39 is 23.6 Å². The third kappa shape index (κ3) is 2.12. The van der Waals surface area contributed by atoms with Gasteiger partial charge in [-0.3, -0.25) is 0 Å². The number of hydrogen-bond donors (Lipinski definition) is 0. The number of hydrogen-bond acceptors (Lipinski definition) is 1. The smallest absolute Gasteiger partial charge is 0.194 e. The SMILES string of the molecule is N#Cc1ccc(C(F)(F)C(F)(F)C(F)(F)F)cc1. The van der Waals surface area contributed by atoms with Crippen LogP contribution in [0.5, 0.6) is 0 Å². The van der Waals surface area contributed by atoms with E-state index in [2.05, 4.69) is 0 Å². The minimum Gasteiger partial charge on any atom is -0.194 e. The van der Waals surface area contributed by atoms with Crippen molar-refractivity contribution in [2.24, 2.45) is 0 Å². The first-order chi connectivity index (χ1) is 8.04. The van der Waals surface area contributed by atoms with Crippen LogP contribution in [0.1, 0.15) is 11.1 Å². The molecule has 0 radical (unpaired) electrons. The lowest BCUT2D eigenvalue weighted by atomic mass is 10.0. The maximum absolute atomic E-state index is 13.1. The third-order valence-electron chi connectivity index (χ3n) is 2.13. The summed E-state index contributed by atoms with van der Waals surface area (Å²) in [6.07, 6.45) is -6.37. The lowest BCUT2D eigenvalue weighted by molar-refractivity contribution is -0.359. The van der Waals surface area contributed by atoms with Crippen LogP contribution in [0, 0.1) is 11.3 Å². The quantitative estimate of drug-likeness (QED) is 0.749. The second kappa shape index (κ2) is 4.15. The van der Waals surface area contributed by atoms with Gasteiger partial charge in [-0.05, 0) is 12.1 Å². The van der Waals surface area contributed by atoms with Crippen molar-refractivity contribution in [3.05, 3.63) is 35.4 Å². The Hall–Kier alpha value is -1.78. The summed E-state index contributed by atoms with van der Waals surface area (Å²) in [6.45, 7) is 0. The number of alkyl halides is 7. The highest BCUT2D eigenvalue weighted by Crippen LogP contribution is 2.51. The summed E-state index contributed by atoms with van der Waals surface area (Å²) < 4.78 is 87.1. The van der Waals surface area contributed by atoms with E-state index in [9.17, 15) is 30.7 Å². The molecule has 8 heteroatoms. The fourth-order valence-corrected chi connectivity index (χ4v) is 1.11. The van der Waals surface area contributed by atoms with E-state index in [1.807, 2.05) is 0 Å². The van der Waals surface area contributed by atoms with Crippen LogP contribution in [0.3, 0.4) is 0 Å². The first-order valence-corrected chi connectivity index (χ1v) is 4.37. The molecular formula is C10H4F7N. The van der Waals surface area contributed by atoms with E-state index in [0.29, 0.717) is 12.1 Å². The molecule has 18 heavy (non-hydrogen) atoms. The Morgan fingerprint density at radius 2 is 1.28 bits per heavy atom. The number of halogens is 7. The van der Waals surface area contributed by atoms with Gasteiger partial charge in [-0.15, -0.1) is 0 Å². The summed E-state index contributed by atoms with van der Waals surface area (Å²) in [5.41, 5.74) is -1.64. The standard InChI is InChI=1S/C10H4F7N/c11-8(12,9(13,14)10(15,16)17)7-3-1-6(5-18)2-4-7/h1-4H. The topological polar surface area (TPSA) is 23.8 Å². The van der Waals surface area contributed by atoms with Crippen molar-refractivity contribution in [3.63, 3.8) is 0 Å². The van der Waals surface area contributed by atoms with Crippen LogP contribution in [0.4, 0.5) is 30.7 Å². The molecule has 0 heterocycles. The molecule has 0 bridgehead atoms. The normalized spacial score (nSPS) is 13.2. The van der Waals surface area contributed by atoms with E-state index in [-0.39, 0.29) is 5.56 Å². The zero-order valence-electron chi connectivity index (χ0n) is 8.40. The van der Waals surface area contributed by atoms with Gasteiger partial charge in [-0.2, -0.15) is 36.0 Å². The second-order valence-electron chi connectivity index (χ2n) is 3.34. The summed E-state index contributed by atoms with van der Waals surface area (Å²) in [5.74, 6) is -11.6. The molecule has 0 aliphatic carbocycles. The summed E-state index contributed by atoms with van der Waals surface area (Å²) in [7, 11) is 0. The van der Waals surface area contributed by atoms with Crippen molar-refractivity contribution in [3.8, 4) is 6.07 Å². The van der Waals surface area contributed by atoms with Gasteiger partial charge < -0.3 is 0 Å². The van der Waals surface area contributed by atoms with E-state index in [1.165, 1.54) is 6.07 Å². The highest BCUT2D eigenvalue weighted by atomic mass is 19.4. The van der Waals surface area contributed by atoms with Crippen LogP contribution in [-0.2, 0) is 5.92 Å². The Balaban J connectivity index is 3.25. The van der Waals surface area contributed by atoms with Gasteiger partial charge in [-0.25, -0.2) is 0 Å². The monoisotopic (exact) mass is 271 g/mol. The fraction of sp³-hybridized carbons (Fsp3) is 0.300. The molecule has 1 rings (SSSR count). The Morgan fingerprint density at radius 3 is 1.61 bits per heavy atom. The molecule has 0 unspecified atom stereocenters. The molecule has 0 spiro atoms. The molecule has 1 aromatic rings. The third-order valence-corrected chi connectivity index (χ3v) is 2.13. The maximum atomic E-state index is 13.1. The largest absolute Gasteiger partial charge is 0.460 e. The van der Waals surface area contributed by atoms with Gasteiger partial charge in [0.25, 0.3) is 0 Å². The Bertz CT molecular complexity index is 466. The maximum Gasteiger partial charge on any atom is 0.460 e. The highest BCUT2D eigenvalue weighted by molar-refractivity contribution is 5.34. The molecule has 0 aliphatic heterocycles. The lowest BCUT2D eigenvalue weighted by Crippen LogP contribution is -2.50. The molecule has 0 N–H and O–H groups in total. The molecule has 0 saturated heterocycles. The molecule has 1 nitrogen and oxygen atoms in total. The number of nitrogens with zero attached hydrogens (tertiary/aromatic N) is 1. The van der Waals surface area contributed by atoms with E-state index >= 15 is 0 Å². The summed E-state index contributed by atoms with van der Waals surface area (Å²) in [4.78, 5) is 0. The van der Waals surface area contributed by atoms with Gasteiger partial charge in [0.15, 0.2) is 0 Å². The average molecular weight is 271 g/mol. The van der Waals surface area contributed by atoms with Crippen LogP contribution in [0.2, 0.25) is 0 Å². The number of rotatable bonds is 2. The van der Waals surface area contributed by atoms with Crippen LogP contribution in [0.25, 0.3) is 0 Å². The van der Waals surface area contributed by atoms with Gasteiger partial charge in [-0.1, -0.05) is 12.1 Å². The Kier molecular flexibility index (Phi) is 3.30. The minimum absolute atomic E-state index is 0.134. The zero-order valence-corrected chi connectivity index (χ0v) is 8.40. The number of nitriles is 1. The van der Waals surface area contributed by atoms with Crippen molar-refractivity contribution in [2.75, 3.05) is 0 Å². The number of benzene rings is 1. The second-order valence-corrected chi connectivity index (χ2v) is 3.34.